The highest BCUT2D eigenvalue weighted by Crippen LogP contribution is 2.15. The quantitative estimate of drug-likeness (QED) is 0.869. The Balaban J connectivity index is 2.13. The van der Waals surface area contributed by atoms with Crippen molar-refractivity contribution in [3.05, 3.63) is 48.2 Å². The van der Waals surface area contributed by atoms with Gasteiger partial charge in [0.2, 0.25) is 10.0 Å². The van der Waals surface area contributed by atoms with E-state index in [9.17, 15) is 13.2 Å². The molecule has 2 N–H and O–H groups in total. The van der Waals surface area contributed by atoms with Gasteiger partial charge in [-0.05, 0) is 30.3 Å². The third-order valence-corrected chi connectivity index (χ3v) is 3.50. The van der Waals surface area contributed by atoms with Crippen molar-refractivity contribution in [2.24, 2.45) is 0 Å². The van der Waals surface area contributed by atoms with Gasteiger partial charge in [0.1, 0.15) is 5.82 Å². The molecule has 0 bridgehead atoms. The molecule has 1 aromatic heterocycles. The molecule has 0 aliphatic rings. The molecule has 23 heavy (non-hydrogen) atoms. The van der Waals surface area contributed by atoms with Crippen molar-refractivity contribution in [2.45, 2.75) is 0 Å². The van der Waals surface area contributed by atoms with E-state index in [0.29, 0.717) is 16.9 Å². The zero-order valence-electron chi connectivity index (χ0n) is 13.1. The third kappa shape index (κ3) is 4.96. The molecule has 0 unspecified atom stereocenters. The van der Waals surface area contributed by atoms with E-state index in [2.05, 4.69) is 15.0 Å². The van der Waals surface area contributed by atoms with Crippen molar-refractivity contribution in [1.82, 2.24) is 4.98 Å². The molecule has 0 saturated heterocycles. The Morgan fingerprint density at radius 1 is 1.13 bits per heavy atom. The minimum Gasteiger partial charge on any atom is -0.363 e. The van der Waals surface area contributed by atoms with Gasteiger partial charge in [-0.3, -0.25) is 9.52 Å². The summed E-state index contributed by atoms with van der Waals surface area (Å²) in [5.74, 6) is 0.434. The summed E-state index contributed by atoms with van der Waals surface area (Å²) in [5, 5.41) is 2.72. The molecule has 1 amide bonds. The van der Waals surface area contributed by atoms with E-state index >= 15 is 0 Å². The van der Waals surface area contributed by atoms with Gasteiger partial charge in [-0.15, -0.1) is 0 Å². The molecule has 0 spiro atoms. The summed E-state index contributed by atoms with van der Waals surface area (Å²) in [7, 11) is 0.364. The number of hydrogen-bond acceptors (Lipinski definition) is 5. The van der Waals surface area contributed by atoms with E-state index in [1.54, 1.807) is 36.5 Å². The minimum atomic E-state index is -3.39. The molecule has 2 aromatic rings. The first kappa shape index (κ1) is 16.8. The van der Waals surface area contributed by atoms with Gasteiger partial charge in [-0.2, -0.15) is 0 Å². The number of hydrogen-bond donors (Lipinski definition) is 2. The average molecular weight is 334 g/mol. The Labute approximate surface area is 135 Å². The predicted molar refractivity (Wildman–Crippen MR) is 91.4 cm³/mol. The van der Waals surface area contributed by atoms with E-state index in [1.165, 1.54) is 6.07 Å². The number of nitrogens with one attached hydrogen (secondary N) is 2. The van der Waals surface area contributed by atoms with Crippen LogP contribution in [0, 0.1) is 0 Å². The van der Waals surface area contributed by atoms with Crippen LogP contribution >= 0.6 is 0 Å². The molecule has 8 heteroatoms. The second-order valence-corrected chi connectivity index (χ2v) is 6.96. The first-order valence-electron chi connectivity index (χ1n) is 6.77. The lowest BCUT2D eigenvalue weighted by Gasteiger charge is -2.12. The largest absolute Gasteiger partial charge is 0.363 e. The fourth-order valence-electron chi connectivity index (χ4n) is 1.87. The second kappa shape index (κ2) is 6.66. The Morgan fingerprint density at radius 3 is 2.43 bits per heavy atom. The monoisotopic (exact) mass is 334 g/mol. The molecule has 0 aliphatic heterocycles. The number of nitrogens with zero attached hydrogens (tertiary/aromatic N) is 2. The van der Waals surface area contributed by atoms with Gasteiger partial charge in [0.25, 0.3) is 5.91 Å². The highest BCUT2D eigenvalue weighted by molar-refractivity contribution is 7.92. The van der Waals surface area contributed by atoms with Gasteiger partial charge in [-0.25, -0.2) is 13.4 Å². The zero-order valence-corrected chi connectivity index (χ0v) is 13.9. The molecule has 0 fully saturated rings. The lowest BCUT2D eigenvalue weighted by atomic mass is 10.2. The normalized spacial score (nSPS) is 10.9. The van der Waals surface area contributed by atoms with Gasteiger partial charge < -0.3 is 10.2 Å². The molecular weight excluding hydrogens is 316 g/mol. The number of pyridine rings is 1. The number of aromatic nitrogens is 1. The fourth-order valence-corrected chi connectivity index (χ4v) is 2.42. The van der Waals surface area contributed by atoms with Gasteiger partial charge >= 0.3 is 0 Å². The maximum Gasteiger partial charge on any atom is 0.255 e. The molecule has 0 saturated carbocycles. The number of benzene rings is 1. The number of anilines is 3. The van der Waals surface area contributed by atoms with Crippen molar-refractivity contribution in [1.29, 1.82) is 0 Å². The van der Waals surface area contributed by atoms with E-state index in [1.807, 2.05) is 19.0 Å². The smallest absolute Gasteiger partial charge is 0.255 e. The molecule has 122 valence electrons. The summed E-state index contributed by atoms with van der Waals surface area (Å²) in [5.41, 5.74) is 1.23. The van der Waals surface area contributed by atoms with Crippen LogP contribution in [0.5, 0.6) is 0 Å². The highest BCUT2D eigenvalue weighted by atomic mass is 32.2. The van der Waals surface area contributed by atoms with Gasteiger partial charge in [0.15, 0.2) is 0 Å². The van der Waals surface area contributed by atoms with Crippen LogP contribution < -0.4 is 14.9 Å². The average Bonchev–Trinajstić information content (AvgIpc) is 2.46. The molecule has 0 radical (unpaired) electrons. The van der Waals surface area contributed by atoms with Crippen molar-refractivity contribution < 1.29 is 13.2 Å². The lowest BCUT2D eigenvalue weighted by Crippen LogP contribution is -2.14. The topological polar surface area (TPSA) is 91.4 Å². The Kier molecular flexibility index (Phi) is 4.85. The number of carbonyl (C=O) groups excluding carboxylic acids is 1. The van der Waals surface area contributed by atoms with E-state index in [-0.39, 0.29) is 5.91 Å². The van der Waals surface area contributed by atoms with E-state index in [4.69, 9.17) is 0 Å². The second-order valence-electron chi connectivity index (χ2n) is 5.21. The van der Waals surface area contributed by atoms with Crippen LogP contribution in [0.1, 0.15) is 10.4 Å². The van der Waals surface area contributed by atoms with E-state index in [0.717, 1.165) is 12.1 Å². The fraction of sp³-hybridized carbons (Fsp3) is 0.200. The van der Waals surface area contributed by atoms with Crippen LogP contribution in [0.4, 0.5) is 17.2 Å². The summed E-state index contributed by atoms with van der Waals surface area (Å²) in [4.78, 5) is 18.3. The van der Waals surface area contributed by atoms with Crippen LogP contribution in [0.25, 0.3) is 0 Å². The van der Waals surface area contributed by atoms with Crippen molar-refractivity contribution >= 4 is 33.1 Å². The first-order valence-corrected chi connectivity index (χ1v) is 8.66. The molecule has 0 aliphatic carbocycles. The summed E-state index contributed by atoms with van der Waals surface area (Å²) in [6.07, 6.45) is 2.61. The molecule has 2 rings (SSSR count). The van der Waals surface area contributed by atoms with E-state index < -0.39 is 10.0 Å². The van der Waals surface area contributed by atoms with Gasteiger partial charge in [0, 0.05) is 25.3 Å². The summed E-state index contributed by atoms with van der Waals surface area (Å²) >= 11 is 0. The van der Waals surface area contributed by atoms with Crippen LogP contribution in [0.3, 0.4) is 0 Å². The number of amides is 1. The van der Waals surface area contributed by atoms with Gasteiger partial charge in [-0.1, -0.05) is 6.07 Å². The maximum absolute atomic E-state index is 12.2. The Hall–Kier alpha value is -2.61. The van der Waals surface area contributed by atoms with Crippen molar-refractivity contribution in [2.75, 3.05) is 35.3 Å². The van der Waals surface area contributed by atoms with Crippen LogP contribution in [-0.2, 0) is 10.0 Å². The minimum absolute atomic E-state index is 0.334. The van der Waals surface area contributed by atoms with Crippen molar-refractivity contribution in [3.63, 3.8) is 0 Å². The van der Waals surface area contributed by atoms with Gasteiger partial charge in [0.05, 0.1) is 18.1 Å². The summed E-state index contributed by atoms with van der Waals surface area (Å²) in [6, 6.07) is 9.79. The Bertz CT molecular complexity index is 802. The zero-order chi connectivity index (χ0) is 17.0. The van der Waals surface area contributed by atoms with Crippen LogP contribution in [-0.4, -0.2) is 39.7 Å². The third-order valence-electron chi connectivity index (χ3n) is 2.89. The molecule has 0 atom stereocenters. The highest BCUT2D eigenvalue weighted by Gasteiger charge is 2.09. The molecule has 7 nitrogen and oxygen atoms in total. The molecule has 1 heterocycles. The first-order chi connectivity index (χ1) is 10.7. The summed E-state index contributed by atoms with van der Waals surface area (Å²) in [6.45, 7) is 0. The van der Waals surface area contributed by atoms with Crippen LogP contribution in [0.15, 0.2) is 42.6 Å². The number of carbonyl (C=O) groups is 1. The lowest BCUT2D eigenvalue weighted by molar-refractivity contribution is 0.102. The molecular formula is C15H18N4O3S. The maximum atomic E-state index is 12.2. The SMILES string of the molecule is CN(C)c1ccc(NC(=O)c2cccc(NS(C)(=O)=O)c2)cn1. The molecule has 1 aromatic carbocycles. The summed E-state index contributed by atoms with van der Waals surface area (Å²) < 4.78 is 24.8. The Morgan fingerprint density at radius 2 is 1.87 bits per heavy atom. The predicted octanol–water partition coefficient (Wildman–Crippen LogP) is 1.77. The number of sulfonamides is 1. The van der Waals surface area contributed by atoms with Crippen LogP contribution in [0.2, 0.25) is 0 Å². The number of rotatable bonds is 5. The van der Waals surface area contributed by atoms with Crippen molar-refractivity contribution in [3.8, 4) is 0 Å². The standard InChI is InChI=1S/C15H18N4O3S/c1-19(2)14-8-7-13(10-16-14)17-15(20)11-5-4-6-12(9-11)18-23(3,21)22/h4-10,18H,1-3H3,(H,17,20).